The van der Waals surface area contributed by atoms with Crippen LogP contribution >= 0.6 is 22.9 Å². The molecule has 4 aromatic rings. The summed E-state index contributed by atoms with van der Waals surface area (Å²) in [6.45, 7) is 2.69. The van der Waals surface area contributed by atoms with Gasteiger partial charge in [-0.3, -0.25) is 4.90 Å². The van der Waals surface area contributed by atoms with E-state index >= 15 is 0 Å². The Balaban J connectivity index is 1.30. The van der Waals surface area contributed by atoms with Gasteiger partial charge >= 0.3 is 6.01 Å². The van der Waals surface area contributed by atoms with Crippen LogP contribution < -0.4 is 20.7 Å². The average molecular weight is 648 g/mol. The summed E-state index contributed by atoms with van der Waals surface area (Å²) in [4.78, 5) is 18.0. The van der Waals surface area contributed by atoms with Crippen molar-refractivity contribution in [1.29, 1.82) is 0 Å². The number of nitrogen functional groups attached to an aromatic ring is 1. The fourth-order valence-electron chi connectivity index (χ4n) is 7.77. The maximum Gasteiger partial charge on any atom is 0.319 e. The second-order valence-corrected chi connectivity index (χ2v) is 13.8. The van der Waals surface area contributed by atoms with Gasteiger partial charge in [-0.1, -0.05) is 22.9 Å². The van der Waals surface area contributed by atoms with Gasteiger partial charge in [0.2, 0.25) is 0 Å². The number of anilines is 2. The zero-order valence-electron chi connectivity index (χ0n) is 23.6. The maximum atomic E-state index is 14.8. The molecule has 0 saturated carbocycles. The Morgan fingerprint density at radius 1 is 1.14 bits per heavy atom. The van der Waals surface area contributed by atoms with E-state index in [9.17, 15) is 17.6 Å². The molecule has 3 unspecified atom stereocenters. The highest BCUT2D eigenvalue weighted by Crippen LogP contribution is 2.47. The number of ether oxygens (including phenoxy) is 1. The van der Waals surface area contributed by atoms with Crippen molar-refractivity contribution in [2.45, 2.75) is 62.3 Å². The largest absolute Gasteiger partial charge is 0.461 e. The SMILES string of the molecule is Nc1nc2c(-c3c(C(F)F)cc4c(N5CC6CCC(C5)N6)nc(OC[C@@]56CCCN5CC(F)C6)nc4c3Cl)ccc(F)c2s1. The van der Waals surface area contributed by atoms with Gasteiger partial charge in [0.15, 0.2) is 5.13 Å². The molecule has 2 aromatic heterocycles. The van der Waals surface area contributed by atoms with Gasteiger partial charge in [-0.05, 0) is 50.4 Å². The Hall–Kier alpha value is -3.00. The molecule has 8 nitrogen and oxygen atoms in total. The lowest BCUT2D eigenvalue weighted by molar-refractivity contribution is 0.107. The fraction of sp³-hybridized carbons (Fsp3) is 0.500. The number of nitrogens with one attached hydrogen (secondary N) is 1. The number of alkyl halides is 3. The summed E-state index contributed by atoms with van der Waals surface area (Å²) in [6.07, 6.45) is 0.364. The molecule has 0 amide bonds. The molecule has 44 heavy (non-hydrogen) atoms. The molecule has 0 spiro atoms. The van der Waals surface area contributed by atoms with Crippen molar-refractivity contribution in [2.24, 2.45) is 0 Å². The van der Waals surface area contributed by atoms with Crippen LogP contribution in [0.4, 0.5) is 28.5 Å². The Labute approximate surface area is 259 Å². The molecule has 8 rings (SSSR count). The molecule has 232 valence electrons. The van der Waals surface area contributed by atoms with Crippen LogP contribution in [0.15, 0.2) is 18.2 Å². The van der Waals surface area contributed by atoms with Gasteiger partial charge < -0.3 is 20.7 Å². The van der Waals surface area contributed by atoms with E-state index in [1.54, 1.807) is 0 Å². The van der Waals surface area contributed by atoms with E-state index in [1.165, 1.54) is 18.2 Å². The minimum Gasteiger partial charge on any atom is -0.461 e. The van der Waals surface area contributed by atoms with Crippen molar-refractivity contribution in [3.8, 4) is 17.1 Å². The summed E-state index contributed by atoms with van der Waals surface area (Å²) >= 11 is 7.98. The summed E-state index contributed by atoms with van der Waals surface area (Å²) < 4.78 is 65.2. The Bertz CT molecular complexity index is 1780. The summed E-state index contributed by atoms with van der Waals surface area (Å²) in [6, 6.07) is 4.54. The highest BCUT2D eigenvalue weighted by molar-refractivity contribution is 7.22. The van der Waals surface area contributed by atoms with Crippen molar-refractivity contribution in [2.75, 3.05) is 43.4 Å². The maximum absolute atomic E-state index is 14.8. The van der Waals surface area contributed by atoms with E-state index in [0.717, 1.165) is 43.6 Å². The molecule has 2 aromatic carbocycles. The predicted molar refractivity (Wildman–Crippen MR) is 163 cm³/mol. The van der Waals surface area contributed by atoms with Crippen LogP contribution in [0.25, 0.3) is 32.2 Å². The van der Waals surface area contributed by atoms with E-state index < -0.39 is 24.0 Å². The van der Waals surface area contributed by atoms with E-state index in [0.29, 0.717) is 37.3 Å². The molecule has 4 atom stereocenters. The van der Waals surface area contributed by atoms with Crippen LogP contribution in [0.5, 0.6) is 6.01 Å². The smallest absolute Gasteiger partial charge is 0.319 e. The quantitative estimate of drug-likeness (QED) is 0.242. The topological polar surface area (TPSA) is 92.4 Å². The minimum atomic E-state index is -2.91. The van der Waals surface area contributed by atoms with E-state index in [-0.39, 0.29) is 67.3 Å². The Morgan fingerprint density at radius 2 is 1.93 bits per heavy atom. The number of aromatic nitrogens is 3. The van der Waals surface area contributed by atoms with Gasteiger partial charge in [-0.2, -0.15) is 9.97 Å². The second-order valence-electron chi connectivity index (χ2n) is 12.4. The van der Waals surface area contributed by atoms with Crippen LogP contribution in [-0.4, -0.2) is 76.4 Å². The Morgan fingerprint density at radius 3 is 2.70 bits per heavy atom. The predicted octanol–water partition coefficient (Wildman–Crippen LogP) is 6.11. The standard InChI is InChI=1S/C30H30ClF4N7OS/c31-22-21(17-4-5-20(33)25-24(17)38-28(36)44-25)18(26(34)35)8-19-23(22)39-29(40-27(19)41-11-15-2-3-16(12-41)37-15)43-13-30-6-1-7-42(30)10-14(32)9-30/h4-5,8,14-16,26,37H,1-3,6-7,9-13H2,(H2,36,38)/t14?,15?,16?,30-/m0/s1. The first-order valence-corrected chi connectivity index (χ1v) is 16.1. The third-order valence-electron chi connectivity index (χ3n) is 9.68. The molecule has 0 radical (unpaired) electrons. The van der Waals surface area contributed by atoms with Gasteiger partial charge in [0.25, 0.3) is 6.43 Å². The first kappa shape index (κ1) is 28.5. The van der Waals surface area contributed by atoms with Gasteiger partial charge in [0, 0.05) is 60.2 Å². The normalized spacial score (nSPS) is 26.9. The summed E-state index contributed by atoms with van der Waals surface area (Å²) in [5.74, 6) is -0.0821. The van der Waals surface area contributed by atoms with E-state index in [1.807, 2.05) is 0 Å². The van der Waals surface area contributed by atoms with Gasteiger partial charge in [-0.15, -0.1) is 0 Å². The highest BCUT2D eigenvalue weighted by atomic mass is 35.5. The zero-order valence-corrected chi connectivity index (χ0v) is 25.2. The number of fused-ring (bicyclic) bond motifs is 5. The first-order valence-electron chi connectivity index (χ1n) is 14.9. The number of thiazole rings is 1. The minimum absolute atomic E-state index is 0.0112. The molecular formula is C30H30ClF4N7OS. The highest BCUT2D eigenvalue weighted by Gasteiger charge is 2.49. The molecule has 14 heteroatoms. The number of hydrogen-bond donors (Lipinski definition) is 2. The van der Waals surface area contributed by atoms with Crippen LogP contribution in [-0.2, 0) is 0 Å². The van der Waals surface area contributed by atoms with Crippen LogP contribution in [0, 0.1) is 5.82 Å². The van der Waals surface area contributed by atoms with Crippen molar-refractivity contribution in [1.82, 2.24) is 25.2 Å². The third kappa shape index (κ3) is 4.57. The number of hydrogen-bond acceptors (Lipinski definition) is 9. The van der Waals surface area contributed by atoms with Crippen molar-refractivity contribution < 1.29 is 22.3 Å². The number of halogens is 5. The number of rotatable bonds is 6. The summed E-state index contributed by atoms with van der Waals surface area (Å²) in [5, 5.41) is 4.04. The first-order chi connectivity index (χ1) is 21.2. The number of nitrogens with two attached hydrogens (primary N) is 1. The Kier molecular flexibility index (Phi) is 6.82. The molecular weight excluding hydrogens is 618 g/mol. The molecule has 3 N–H and O–H groups in total. The van der Waals surface area contributed by atoms with Crippen molar-refractivity contribution >= 4 is 55.0 Å². The molecule has 0 aliphatic carbocycles. The third-order valence-corrected chi connectivity index (χ3v) is 10.9. The summed E-state index contributed by atoms with van der Waals surface area (Å²) in [7, 11) is 0. The molecule has 4 fully saturated rings. The van der Waals surface area contributed by atoms with Crippen LogP contribution in [0.2, 0.25) is 5.02 Å². The van der Waals surface area contributed by atoms with Crippen molar-refractivity contribution in [3.05, 3.63) is 34.6 Å². The van der Waals surface area contributed by atoms with Crippen LogP contribution in [0.1, 0.15) is 44.1 Å². The molecule has 2 bridgehead atoms. The zero-order chi connectivity index (χ0) is 30.3. The lowest BCUT2D eigenvalue weighted by Gasteiger charge is -2.35. The summed E-state index contributed by atoms with van der Waals surface area (Å²) in [5.41, 5.74) is 5.78. The lowest BCUT2D eigenvalue weighted by atomic mass is 9.95. The van der Waals surface area contributed by atoms with Crippen LogP contribution in [0.3, 0.4) is 0 Å². The number of piperazine rings is 1. The molecule has 4 saturated heterocycles. The van der Waals surface area contributed by atoms with Gasteiger partial charge in [0.1, 0.15) is 24.4 Å². The lowest BCUT2D eigenvalue weighted by Crippen LogP contribution is -2.51. The van der Waals surface area contributed by atoms with Crippen molar-refractivity contribution in [3.63, 3.8) is 0 Å². The molecule has 6 heterocycles. The average Bonchev–Trinajstić information content (AvgIpc) is 3.74. The van der Waals surface area contributed by atoms with E-state index in [4.69, 9.17) is 27.1 Å². The van der Waals surface area contributed by atoms with Gasteiger partial charge in [-0.25, -0.2) is 22.5 Å². The van der Waals surface area contributed by atoms with Gasteiger partial charge in [0.05, 0.1) is 26.3 Å². The van der Waals surface area contributed by atoms with E-state index in [2.05, 4.69) is 25.1 Å². The monoisotopic (exact) mass is 647 g/mol. The number of nitrogens with zero attached hydrogens (tertiary/aromatic N) is 5. The second kappa shape index (κ2) is 10.5. The molecule has 4 aliphatic rings. The molecule has 4 aliphatic heterocycles. The number of benzene rings is 2. The fourth-order valence-corrected chi connectivity index (χ4v) is 8.89.